The highest BCUT2D eigenvalue weighted by Gasteiger charge is 2.40. The van der Waals surface area contributed by atoms with Gasteiger partial charge in [0.05, 0.1) is 23.7 Å². The molecule has 142 valence electrons. The molecule has 3 aromatic carbocycles. The molecule has 1 heterocycles. The zero-order valence-corrected chi connectivity index (χ0v) is 16.6. The van der Waals surface area contributed by atoms with Crippen LogP contribution in [0.25, 0.3) is 0 Å². The fourth-order valence-electron chi connectivity index (χ4n) is 3.77. The summed E-state index contributed by atoms with van der Waals surface area (Å²) in [6.45, 7) is 0.484. The summed E-state index contributed by atoms with van der Waals surface area (Å²) < 4.78 is 5.31. The molecule has 0 aromatic heterocycles. The van der Waals surface area contributed by atoms with Gasteiger partial charge in [-0.3, -0.25) is 4.79 Å². The highest BCUT2D eigenvalue weighted by molar-refractivity contribution is 6.32. The van der Waals surface area contributed by atoms with E-state index in [1.807, 2.05) is 84.9 Å². The van der Waals surface area contributed by atoms with Gasteiger partial charge in [-0.05, 0) is 28.8 Å². The Bertz CT molecular complexity index is 1010. The second kappa shape index (κ2) is 7.66. The average molecular weight is 393 g/mol. The molecule has 1 aliphatic heterocycles. The summed E-state index contributed by atoms with van der Waals surface area (Å²) in [5.41, 5.74) is 3.82. The third-order valence-corrected chi connectivity index (χ3v) is 5.50. The van der Waals surface area contributed by atoms with Crippen LogP contribution in [-0.4, -0.2) is 25.1 Å². The van der Waals surface area contributed by atoms with Crippen molar-refractivity contribution in [1.82, 2.24) is 5.01 Å². The van der Waals surface area contributed by atoms with Gasteiger partial charge in [0.15, 0.2) is 0 Å². The van der Waals surface area contributed by atoms with Gasteiger partial charge in [-0.15, -0.1) is 0 Å². The number of nitrogens with zero attached hydrogens (tertiary/aromatic N) is 2. The summed E-state index contributed by atoms with van der Waals surface area (Å²) in [5.74, 6) is 0.359. The van der Waals surface area contributed by atoms with Crippen LogP contribution in [0.15, 0.2) is 72.8 Å². The van der Waals surface area contributed by atoms with Gasteiger partial charge in [0, 0.05) is 13.6 Å². The molecule has 4 rings (SSSR count). The summed E-state index contributed by atoms with van der Waals surface area (Å²) in [5, 5.41) is 4.23. The van der Waals surface area contributed by atoms with Gasteiger partial charge in [0.1, 0.15) is 5.75 Å². The van der Waals surface area contributed by atoms with E-state index < -0.39 is 0 Å². The lowest BCUT2D eigenvalue weighted by Gasteiger charge is -2.29. The minimum atomic E-state index is -0.305. The van der Waals surface area contributed by atoms with Gasteiger partial charge < -0.3 is 4.74 Å². The molecule has 5 heteroatoms. The van der Waals surface area contributed by atoms with Crippen LogP contribution in [0.5, 0.6) is 5.75 Å². The molecule has 3 aromatic rings. The summed E-state index contributed by atoms with van der Waals surface area (Å²) >= 11 is 6.47. The molecular weight excluding hydrogens is 372 g/mol. The second-order valence-corrected chi connectivity index (χ2v) is 7.18. The van der Waals surface area contributed by atoms with Crippen LogP contribution in [0.3, 0.4) is 0 Å². The first-order chi connectivity index (χ1) is 13.6. The number of amides is 1. The summed E-state index contributed by atoms with van der Waals surface area (Å²) in [6, 6.07) is 23.5. The van der Waals surface area contributed by atoms with E-state index in [1.165, 1.54) is 0 Å². The number of fused-ring (bicyclic) bond motifs is 1. The number of carbonyl (C=O) groups is 1. The Morgan fingerprint density at radius 2 is 1.71 bits per heavy atom. The Balaban J connectivity index is 1.69. The Morgan fingerprint density at radius 1 is 1.00 bits per heavy atom. The zero-order chi connectivity index (χ0) is 19.7. The van der Waals surface area contributed by atoms with Crippen LogP contribution in [0.2, 0.25) is 5.02 Å². The monoisotopic (exact) mass is 392 g/mol. The van der Waals surface area contributed by atoms with Crippen molar-refractivity contribution in [2.75, 3.05) is 19.2 Å². The standard InChI is InChI=1S/C23H21ClN2O2/c1-25(15-17-11-8-14-20(28-2)22(17)24)26-19-13-7-6-12-18(19)21(23(26)27)16-9-4-3-5-10-16/h3-14,21H,15H2,1-2H3/t21-/m0/s1. The maximum atomic E-state index is 13.4. The molecule has 0 fully saturated rings. The Labute approximate surface area is 169 Å². The van der Waals surface area contributed by atoms with E-state index in [-0.39, 0.29) is 11.8 Å². The first kappa shape index (κ1) is 18.5. The normalized spacial score (nSPS) is 15.8. The van der Waals surface area contributed by atoms with Crippen molar-refractivity contribution < 1.29 is 9.53 Å². The van der Waals surface area contributed by atoms with Crippen molar-refractivity contribution in [3.05, 3.63) is 94.5 Å². The summed E-state index contributed by atoms with van der Waals surface area (Å²) in [4.78, 5) is 13.4. The number of para-hydroxylation sites is 1. The predicted molar refractivity (Wildman–Crippen MR) is 112 cm³/mol. The van der Waals surface area contributed by atoms with Gasteiger partial charge in [0.25, 0.3) is 5.91 Å². The number of carbonyl (C=O) groups excluding carboxylic acids is 1. The smallest absolute Gasteiger partial charge is 0.253 e. The molecule has 0 N–H and O–H groups in total. The van der Waals surface area contributed by atoms with E-state index in [1.54, 1.807) is 12.1 Å². The number of anilines is 1. The number of methoxy groups -OCH3 is 1. The van der Waals surface area contributed by atoms with E-state index in [0.29, 0.717) is 17.3 Å². The van der Waals surface area contributed by atoms with Crippen molar-refractivity contribution in [3.8, 4) is 5.75 Å². The van der Waals surface area contributed by atoms with Gasteiger partial charge >= 0.3 is 0 Å². The number of hydrazine groups is 1. The third-order valence-electron chi connectivity index (χ3n) is 5.07. The van der Waals surface area contributed by atoms with Crippen LogP contribution < -0.4 is 9.75 Å². The topological polar surface area (TPSA) is 32.8 Å². The quantitative estimate of drug-likeness (QED) is 0.620. The maximum Gasteiger partial charge on any atom is 0.253 e. The second-order valence-electron chi connectivity index (χ2n) is 6.80. The summed E-state index contributed by atoms with van der Waals surface area (Å²) in [7, 11) is 3.50. The van der Waals surface area contributed by atoms with Gasteiger partial charge in [-0.1, -0.05) is 72.3 Å². The molecule has 28 heavy (non-hydrogen) atoms. The van der Waals surface area contributed by atoms with Crippen LogP contribution in [-0.2, 0) is 11.3 Å². The average Bonchev–Trinajstić information content (AvgIpc) is 3.02. The maximum absolute atomic E-state index is 13.4. The van der Waals surface area contributed by atoms with E-state index in [0.717, 1.165) is 22.4 Å². The lowest BCUT2D eigenvalue weighted by atomic mass is 9.93. The Morgan fingerprint density at radius 3 is 2.46 bits per heavy atom. The van der Waals surface area contributed by atoms with E-state index >= 15 is 0 Å². The predicted octanol–water partition coefficient (Wildman–Crippen LogP) is 4.87. The van der Waals surface area contributed by atoms with Crippen molar-refractivity contribution in [1.29, 1.82) is 0 Å². The number of hydrogen-bond acceptors (Lipinski definition) is 3. The van der Waals surface area contributed by atoms with Crippen molar-refractivity contribution >= 4 is 23.2 Å². The van der Waals surface area contributed by atoms with Gasteiger partial charge in [-0.25, -0.2) is 10.0 Å². The third kappa shape index (κ3) is 3.15. The SMILES string of the molecule is COc1cccc(CN(C)N2C(=O)[C@@H](c3ccccc3)c3ccccc32)c1Cl. The molecule has 1 atom stereocenters. The lowest BCUT2D eigenvalue weighted by Crippen LogP contribution is -2.42. The van der Waals surface area contributed by atoms with E-state index in [9.17, 15) is 4.79 Å². The molecule has 0 radical (unpaired) electrons. The van der Waals surface area contributed by atoms with Crippen molar-refractivity contribution in [2.24, 2.45) is 0 Å². The van der Waals surface area contributed by atoms with Crippen molar-refractivity contribution in [3.63, 3.8) is 0 Å². The highest BCUT2D eigenvalue weighted by atomic mass is 35.5. The molecule has 1 aliphatic rings. The van der Waals surface area contributed by atoms with Crippen LogP contribution in [0.1, 0.15) is 22.6 Å². The Kier molecular flexibility index (Phi) is 5.07. The number of benzene rings is 3. The molecular formula is C23H21ClN2O2. The number of ether oxygens (including phenoxy) is 1. The highest BCUT2D eigenvalue weighted by Crippen LogP contribution is 2.42. The van der Waals surface area contributed by atoms with Gasteiger partial charge in [0.2, 0.25) is 0 Å². The molecule has 0 saturated carbocycles. The largest absolute Gasteiger partial charge is 0.495 e. The van der Waals surface area contributed by atoms with Crippen molar-refractivity contribution in [2.45, 2.75) is 12.5 Å². The zero-order valence-electron chi connectivity index (χ0n) is 15.8. The minimum Gasteiger partial charge on any atom is -0.495 e. The number of rotatable bonds is 5. The molecule has 0 spiro atoms. The molecule has 0 saturated heterocycles. The first-order valence-corrected chi connectivity index (χ1v) is 9.50. The summed E-state index contributed by atoms with van der Waals surface area (Å²) in [6.07, 6.45) is 0. The molecule has 0 bridgehead atoms. The minimum absolute atomic E-state index is 0.0360. The fraction of sp³-hybridized carbons (Fsp3) is 0.174. The first-order valence-electron chi connectivity index (χ1n) is 9.12. The lowest BCUT2D eigenvalue weighted by molar-refractivity contribution is -0.121. The number of hydrogen-bond donors (Lipinski definition) is 0. The van der Waals surface area contributed by atoms with E-state index in [2.05, 4.69) is 0 Å². The Hall–Kier alpha value is -2.82. The van der Waals surface area contributed by atoms with Gasteiger partial charge in [-0.2, -0.15) is 0 Å². The molecule has 4 nitrogen and oxygen atoms in total. The fourth-order valence-corrected chi connectivity index (χ4v) is 4.03. The molecule has 1 amide bonds. The number of halogens is 1. The van der Waals surface area contributed by atoms with E-state index in [4.69, 9.17) is 16.3 Å². The van der Waals surface area contributed by atoms with Crippen LogP contribution >= 0.6 is 11.6 Å². The molecule has 0 aliphatic carbocycles. The molecule has 0 unspecified atom stereocenters. The van der Waals surface area contributed by atoms with Crippen LogP contribution in [0, 0.1) is 0 Å². The van der Waals surface area contributed by atoms with Crippen LogP contribution in [0.4, 0.5) is 5.69 Å².